The largest absolute Gasteiger partial charge is 0.399 e. The molecule has 1 aromatic heterocycles. The molecule has 1 aliphatic rings. The Morgan fingerprint density at radius 1 is 1.30 bits per heavy atom. The lowest BCUT2D eigenvalue weighted by Crippen LogP contribution is -2.32. The molecule has 0 aliphatic heterocycles. The van der Waals surface area contributed by atoms with Crippen LogP contribution in [0.15, 0.2) is 40.2 Å². The molecule has 0 spiro atoms. The highest BCUT2D eigenvalue weighted by atomic mass is 79.9. The fourth-order valence-corrected chi connectivity index (χ4v) is 3.65. The summed E-state index contributed by atoms with van der Waals surface area (Å²) in [6.07, 6.45) is 2.20. The minimum absolute atomic E-state index is 0.117. The molecule has 0 unspecified atom stereocenters. The molecule has 1 fully saturated rings. The van der Waals surface area contributed by atoms with Crippen LogP contribution in [0, 0.1) is 0 Å². The highest BCUT2D eigenvalue weighted by molar-refractivity contribution is 9.10. The lowest BCUT2D eigenvalue weighted by Gasteiger charge is -2.22. The third-order valence-electron chi connectivity index (χ3n) is 3.39. The fraction of sp³-hybridized carbons (Fsp3) is 0.267. The van der Waals surface area contributed by atoms with Crippen LogP contribution in [0.2, 0.25) is 0 Å². The van der Waals surface area contributed by atoms with Crippen LogP contribution in [0.1, 0.15) is 28.1 Å². The van der Waals surface area contributed by atoms with Gasteiger partial charge in [0.15, 0.2) is 0 Å². The summed E-state index contributed by atoms with van der Waals surface area (Å²) >= 11 is 4.93. The summed E-state index contributed by atoms with van der Waals surface area (Å²) in [6, 6.07) is 10.0. The van der Waals surface area contributed by atoms with E-state index >= 15 is 0 Å². The zero-order valence-electron chi connectivity index (χ0n) is 10.9. The third-order valence-corrected chi connectivity index (χ3v) is 5.22. The van der Waals surface area contributed by atoms with Gasteiger partial charge in [-0.2, -0.15) is 0 Å². The highest BCUT2D eigenvalue weighted by Crippen LogP contribution is 2.33. The first-order valence-electron chi connectivity index (χ1n) is 6.53. The predicted octanol–water partition coefficient (Wildman–Crippen LogP) is 3.90. The highest BCUT2D eigenvalue weighted by Gasteiger charge is 2.34. The fourth-order valence-electron chi connectivity index (χ4n) is 2.15. The van der Waals surface area contributed by atoms with Crippen LogP contribution in [0.4, 0.5) is 5.69 Å². The average molecular weight is 351 g/mol. The van der Waals surface area contributed by atoms with Crippen molar-refractivity contribution in [2.24, 2.45) is 0 Å². The topological polar surface area (TPSA) is 46.3 Å². The number of carbonyl (C=O) groups excluding carboxylic acids is 1. The molecule has 1 aliphatic carbocycles. The molecule has 104 valence electrons. The maximum atomic E-state index is 12.7. The third kappa shape index (κ3) is 2.88. The lowest BCUT2D eigenvalue weighted by molar-refractivity contribution is 0.0734. The summed E-state index contributed by atoms with van der Waals surface area (Å²) in [4.78, 5) is 15.4. The molecular formula is C15H15BrN2OS. The number of halogens is 1. The van der Waals surface area contributed by atoms with E-state index < -0.39 is 0 Å². The first-order valence-corrected chi connectivity index (χ1v) is 8.21. The van der Waals surface area contributed by atoms with Crippen LogP contribution < -0.4 is 5.73 Å². The smallest absolute Gasteiger partial charge is 0.265 e. The molecule has 1 aromatic carbocycles. The minimum Gasteiger partial charge on any atom is -0.399 e. The van der Waals surface area contributed by atoms with Crippen molar-refractivity contribution in [3.05, 3.63) is 50.6 Å². The molecule has 2 aromatic rings. The summed E-state index contributed by atoms with van der Waals surface area (Å²) in [5, 5.41) is 1.94. The van der Waals surface area contributed by atoms with Crippen LogP contribution in [-0.4, -0.2) is 16.8 Å². The molecular weight excluding hydrogens is 336 g/mol. The van der Waals surface area contributed by atoms with Gasteiger partial charge in [0.25, 0.3) is 5.91 Å². The second kappa shape index (κ2) is 5.58. The van der Waals surface area contributed by atoms with Gasteiger partial charge in [-0.05, 0) is 57.9 Å². The summed E-state index contributed by atoms with van der Waals surface area (Å²) in [6.45, 7) is 0.647. The second-order valence-corrected chi connectivity index (χ2v) is 6.77. The number of hydrogen-bond acceptors (Lipinski definition) is 3. The van der Waals surface area contributed by atoms with Crippen molar-refractivity contribution in [2.45, 2.75) is 25.4 Å². The Hall–Kier alpha value is -1.33. The molecule has 1 amide bonds. The van der Waals surface area contributed by atoms with Gasteiger partial charge in [0.2, 0.25) is 0 Å². The number of nitrogen functional groups attached to an aromatic ring is 1. The van der Waals surface area contributed by atoms with Crippen LogP contribution >= 0.6 is 27.3 Å². The second-order valence-electron chi connectivity index (χ2n) is 5.00. The number of hydrogen-bond donors (Lipinski definition) is 1. The number of nitrogens with zero attached hydrogens (tertiary/aromatic N) is 1. The number of thiophene rings is 1. The van der Waals surface area contributed by atoms with E-state index in [0.29, 0.717) is 12.6 Å². The van der Waals surface area contributed by atoms with Crippen molar-refractivity contribution in [3.8, 4) is 0 Å². The molecule has 3 nitrogen and oxygen atoms in total. The minimum atomic E-state index is 0.117. The van der Waals surface area contributed by atoms with E-state index in [2.05, 4.69) is 15.9 Å². The number of nitrogens with two attached hydrogens (primary N) is 1. The monoisotopic (exact) mass is 350 g/mol. The molecule has 0 atom stereocenters. The Kier molecular flexibility index (Phi) is 3.81. The van der Waals surface area contributed by atoms with E-state index in [1.807, 2.05) is 40.6 Å². The van der Waals surface area contributed by atoms with Gasteiger partial charge in [0.05, 0.1) is 0 Å². The van der Waals surface area contributed by atoms with Crippen molar-refractivity contribution in [1.82, 2.24) is 4.90 Å². The molecule has 0 radical (unpaired) electrons. The number of amides is 1. The van der Waals surface area contributed by atoms with Gasteiger partial charge in [-0.25, -0.2) is 0 Å². The summed E-state index contributed by atoms with van der Waals surface area (Å²) in [7, 11) is 0. The van der Waals surface area contributed by atoms with Crippen molar-refractivity contribution in [1.29, 1.82) is 0 Å². The molecule has 20 heavy (non-hydrogen) atoms. The van der Waals surface area contributed by atoms with Crippen molar-refractivity contribution >= 4 is 38.9 Å². The maximum Gasteiger partial charge on any atom is 0.265 e. The van der Waals surface area contributed by atoms with Crippen molar-refractivity contribution in [2.75, 3.05) is 5.73 Å². The molecule has 1 saturated carbocycles. The zero-order valence-corrected chi connectivity index (χ0v) is 13.3. The van der Waals surface area contributed by atoms with Crippen LogP contribution in [0.5, 0.6) is 0 Å². The standard InChI is InChI=1S/C15H15BrN2OS/c16-13-7-8-20-14(13)15(19)18(12-5-6-12)9-10-1-3-11(17)4-2-10/h1-4,7-8,12H,5-6,9,17H2. The lowest BCUT2D eigenvalue weighted by atomic mass is 10.2. The van der Waals surface area contributed by atoms with E-state index in [1.54, 1.807) is 0 Å². The van der Waals surface area contributed by atoms with E-state index in [-0.39, 0.29) is 5.91 Å². The van der Waals surface area contributed by atoms with Crippen molar-refractivity contribution < 1.29 is 4.79 Å². The van der Waals surface area contributed by atoms with Gasteiger partial charge in [-0.15, -0.1) is 11.3 Å². The number of rotatable bonds is 4. The Labute approximate surface area is 130 Å². The Bertz CT molecular complexity index is 619. The van der Waals surface area contributed by atoms with E-state index in [4.69, 9.17) is 5.73 Å². The van der Waals surface area contributed by atoms with Gasteiger partial charge < -0.3 is 10.6 Å². The number of carbonyl (C=O) groups is 1. The Balaban J connectivity index is 1.81. The normalized spacial score (nSPS) is 14.2. The van der Waals surface area contributed by atoms with E-state index in [0.717, 1.165) is 33.4 Å². The molecule has 1 heterocycles. The molecule has 3 rings (SSSR count). The quantitative estimate of drug-likeness (QED) is 0.850. The van der Waals surface area contributed by atoms with Crippen LogP contribution in [-0.2, 0) is 6.54 Å². The number of benzene rings is 1. The maximum absolute atomic E-state index is 12.7. The first-order chi connectivity index (χ1) is 9.65. The SMILES string of the molecule is Nc1ccc(CN(C(=O)c2sccc2Br)C2CC2)cc1. The van der Waals surface area contributed by atoms with Gasteiger partial charge in [-0.3, -0.25) is 4.79 Å². The predicted molar refractivity (Wildman–Crippen MR) is 85.8 cm³/mol. The van der Waals surface area contributed by atoms with E-state index in [9.17, 15) is 4.79 Å². The molecule has 2 N–H and O–H groups in total. The Morgan fingerprint density at radius 3 is 2.55 bits per heavy atom. The van der Waals surface area contributed by atoms with Gasteiger partial charge in [0.1, 0.15) is 4.88 Å². The van der Waals surface area contributed by atoms with E-state index in [1.165, 1.54) is 11.3 Å². The zero-order chi connectivity index (χ0) is 14.1. The first kappa shape index (κ1) is 13.6. The number of anilines is 1. The average Bonchev–Trinajstić information content (AvgIpc) is 3.19. The van der Waals surface area contributed by atoms with Crippen molar-refractivity contribution in [3.63, 3.8) is 0 Å². The Morgan fingerprint density at radius 2 is 2.00 bits per heavy atom. The summed E-state index contributed by atoms with van der Waals surface area (Å²) < 4.78 is 0.885. The van der Waals surface area contributed by atoms with Crippen LogP contribution in [0.25, 0.3) is 0 Å². The molecule has 5 heteroatoms. The summed E-state index contributed by atoms with van der Waals surface area (Å²) in [5.74, 6) is 0.117. The van der Waals surface area contributed by atoms with Crippen LogP contribution in [0.3, 0.4) is 0 Å². The summed E-state index contributed by atoms with van der Waals surface area (Å²) in [5.41, 5.74) is 7.57. The van der Waals surface area contributed by atoms with Gasteiger partial charge in [-0.1, -0.05) is 12.1 Å². The molecule has 0 bridgehead atoms. The molecule has 0 saturated heterocycles. The van der Waals surface area contributed by atoms with Gasteiger partial charge >= 0.3 is 0 Å². The van der Waals surface area contributed by atoms with Gasteiger partial charge in [0, 0.05) is 22.7 Å².